The topological polar surface area (TPSA) is 92.5 Å². The molecular weight excluding hydrogens is 404 g/mol. The Morgan fingerprint density at radius 3 is 2.31 bits per heavy atom. The number of nitrogens with zero attached hydrogens (tertiary/aromatic N) is 1. The SMILES string of the molecule is O=C(CCc1ccccc1)N[C@@H](c1ccc([N+](=O)[O-])cc1)c1c(O)ccc2ccccc12. The molecule has 0 unspecified atom stereocenters. The van der Waals surface area contributed by atoms with Gasteiger partial charge in [-0.1, -0.05) is 60.7 Å². The van der Waals surface area contributed by atoms with Gasteiger partial charge < -0.3 is 10.4 Å². The Kier molecular flexibility index (Phi) is 6.12. The van der Waals surface area contributed by atoms with Gasteiger partial charge in [0.05, 0.1) is 11.0 Å². The third kappa shape index (κ3) is 4.59. The highest BCUT2D eigenvalue weighted by molar-refractivity contribution is 5.89. The van der Waals surface area contributed by atoms with E-state index in [1.165, 1.54) is 12.1 Å². The van der Waals surface area contributed by atoms with Crippen molar-refractivity contribution in [3.05, 3.63) is 118 Å². The Labute approximate surface area is 185 Å². The first-order valence-electron chi connectivity index (χ1n) is 10.3. The molecule has 2 N–H and O–H groups in total. The molecule has 0 aliphatic rings. The quantitative estimate of drug-likeness (QED) is 0.310. The highest BCUT2D eigenvalue weighted by Crippen LogP contribution is 2.36. The minimum Gasteiger partial charge on any atom is -0.508 e. The molecule has 4 rings (SSSR count). The van der Waals surface area contributed by atoms with E-state index in [1.54, 1.807) is 18.2 Å². The van der Waals surface area contributed by atoms with Crippen LogP contribution in [0.1, 0.15) is 29.2 Å². The smallest absolute Gasteiger partial charge is 0.269 e. The second-order valence-electron chi connectivity index (χ2n) is 7.55. The summed E-state index contributed by atoms with van der Waals surface area (Å²) in [7, 11) is 0. The zero-order valence-corrected chi connectivity index (χ0v) is 17.3. The molecule has 0 saturated heterocycles. The van der Waals surface area contributed by atoms with Gasteiger partial charge in [-0.2, -0.15) is 0 Å². The second kappa shape index (κ2) is 9.31. The number of benzene rings is 4. The van der Waals surface area contributed by atoms with Crippen LogP contribution in [0, 0.1) is 10.1 Å². The van der Waals surface area contributed by atoms with Crippen LogP contribution in [-0.4, -0.2) is 15.9 Å². The first-order chi connectivity index (χ1) is 15.5. The van der Waals surface area contributed by atoms with Gasteiger partial charge in [0, 0.05) is 24.1 Å². The Balaban J connectivity index is 1.70. The zero-order chi connectivity index (χ0) is 22.5. The molecule has 6 nitrogen and oxygen atoms in total. The van der Waals surface area contributed by atoms with E-state index in [1.807, 2.05) is 60.7 Å². The minimum atomic E-state index is -0.662. The number of nitro groups is 1. The summed E-state index contributed by atoms with van der Waals surface area (Å²) in [4.78, 5) is 23.5. The van der Waals surface area contributed by atoms with Crippen LogP contribution < -0.4 is 5.32 Å². The molecule has 6 heteroatoms. The van der Waals surface area contributed by atoms with Crippen LogP contribution in [-0.2, 0) is 11.2 Å². The van der Waals surface area contributed by atoms with Crippen molar-refractivity contribution in [3.63, 3.8) is 0 Å². The number of aromatic hydroxyl groups is 1. The molecule has 0 saturated carbocycles. The van der Waals surface area contributed by atoms with Crippen molar-refractivity contribution in [3.8, 4) is 5.75 Å². The van der Waals surface area contributed by atoms with Gasteiger partial charge in [-0.15, -0.1) is 0 Å². The number of phenolic OH excluding ortho intramolecular Hbond substituents is 1. The Bertz CT molecular complexity index is 1250. The summed E-state index contributed by atoms with van der Waals surface area (Å²) in [6, 6.07) is 26.1. The molecule has 0 bridgehead atoms. The van der Waals surface area contributed by atoms with E-state index < -0.39 is 11.0 Å². The molecule has 0 aromatic heterocycles. The summed E-state index contributed by atoms with van der Waals surface area (Å²) in [5, 5.41) is 26.6. The van der Waals surface area contributed by atoms with Gasteiger partial charge >= 0.3 is 0 Å². The highest BCUT2D eigenvalue weighted by atomic mass is 16.6. The van der Waals surface area contributed by atoms with Crippen LogP contribution in [0.2, 0.25) is 0 Å². The average molecular weight is 426 g/mol. The van der Waals surface area contributed by atoms with Crippen molar-refractivity contribution < 1.29 is 14.8 Å². The maximum Gasteiger partial charge on any atom is 0.269 e. The number of carbonyl (C=O) groups is 1. The molecule has 0 spiro atoms. The van der Waals surface area contributed by atoms with Gasteiger partial charge in [-0.3, -0.25) is 14.9 Å². The maximum atomic E-state index is 12.9. The number of nitro benzene ring substituents is 1. The van der Waals surface area contributed by atoms with Crippen molar-refractivity contribution in [2.24, 2.45) is 0 Å². The number of non-ortho nitro benzene ring substituents is 1. The molecule has 160 valence electrons. The molecule has 0 aliphatic heterocycles. The summed E-state index contributed by atoms with van der Waals surface area (Å²) in [6.45, 7) is 0. The number of aryl methyl sites for hydroxylation is 1. The number of amides is 1. The van der Waals surface area contributed by atoms with E-state index in [-0.39, 0.29) is 23.8 Å². The van der Waals surface area contributed by atoms with E-state index in [0.29, 0.717) is 17.5 Å². The predicted octanol–water partition coefficient (Wildman–Crippen LogP) is 5.29. The lowest BCUT2D eigenvalue weighted by molar-refractivity contribution is -0.384. The molecule has 4 aromatic carbocycles. The number of rotatable bonds is 7. The summed E-state index contributed by atoms with van der Waals surface area (Å²) in [5.74, 6) is -0.125. The van der Waals surface area contributed by atoms with E-state index in [2.05, 4.69) is 5.32 Å². The summed E-state index contributed by atoms with van der Waals surface area (Å²) in [5.41, 5.74) is 2.23. The zero-order valence-electron chi connectivity index (χ0n) is 17.3. The fourth-order valence-electron chi connectivity index (χ4n) is 3.83. The molecular formula is C26H22N2O4. The Morgan fingerprint density at radius 2 is 1.59 bits per heavy atom. The molecule has 0 radical (unpaired) electrons. The van der Waals surface area contributed by atoms with Crippen LogP contribution >= 0.6 is 0 Å². The van der Waals surface area contributed by atoms with Crippen molar-refractivity contribution in [2.75, 3.05) is 0 Å². The van der Waals surface area contributed by atoms with Crippen LogP contribution in [0.15, 0.2) is 91.0 Å². The number of nitrogens with one attached hydrogen (secondary N) is 1. The lowest BCUT2D eigenvalue weighted by Crippen LogP contribution is -2.29. The van der Waals surface area contributed by atoms with E-state index in [9.17, 15) is 20.0 Å². The van der Waals surface area contributed by atoms with Gasteiger partial charge in [-0.25, -0.2) is 0 Å². The Hall–Kier alpha value is -4.19. The third-order valence-corrected chi connectivity index (χ3v) is 5.46. The van der Waals surface area contributed by atoms with Gasteiger partial charge in [0.2, 0.25) is 5.91 Å². The van der Waals surface area contributed by atoms with Crippen LogP contribution in [0.5, 0.6) is 5.75 Å². The van der Waals surface area contributed by atoms with Gasteiger partial charge in [-0.05, 0) is 46.5 Å². The lowest BCUT2D eigenvalue weighted by Gasteiger charge is -2.22. The number of hydrogen-bond acceptors (Lipinski definition) is 4. The summed E-state index contributed by atoms with van der Waals surface area (Å²) >= 11 is 0. The fourth-order valence-corrected chi connectivity index (χ4v) is 3.83. The molecule has 1 atom stereocenters. The molecule has 4 aromatic rings. The lowest BCUT2D eigenvalue weighted by atomic mass is 9.92. The molecule has 0 heterocycles. The molecule has 1 amide bonds. The van der Waals surface area contributed by atoms with Crippen LogP contribution in [0.4, 0.5) is 5.69 Å². The minimum absolute atomic E-state index is 0.0370. The van der Waals surface area contributed by atoms with Crippen molar-refractivity contribution in [1.29, 1.82) is 0 Å². The standard InChI is InChI=1S/C26H22N2O4/c29-23-16-13-19-8-4-5-9-22(19)25(23)26(20-11-14-21(15-12-20)28(31)32)27-24(30)17-10-18-6-2-1-3-7-18/h1-9,11-16,26,29H,10,17H2,(H,27,30)/t26-/m0/s1. The number of phenols is 1. The van der Waals surface area contributed by atoms with E-state index >= 15 is 0 Å². The monoisotopic (exact) mass is 426 g/mol. The summed E-state index contributed by atoms with van der Waals surface area (Å²) < 4.78 is 0. The number of fused-ring (bicyclic) bond motifs is 1. The maximum absolute atomic E-state index is 12.9. The van der Waals surface area contributed by atoms with E-state index in [4.69, 9.17) is 0 Å². The average Bonchev–Trinajstić information content (AvgIpc) is 2.82. The highest BCUT2D eigenvalue weighted by Gasteiger charge is 2.23. The summed E-state index contributed by atoms with van der Waals surface area (Å²) in [6.07, 6.45) is 0.861. The second-order valence-corrected chi connectivity index (χ2v) is 7.55. The largest absolute Gasteiger partial charge is 0.508 e. The van der Waals surface area contributed by atoms with Crippen molar-refractivity contribution in [2.45, 2.75) is 18.9 Å². The first-order valence-corrected chi connectivity index (χ1v) is 10.3. The fraction of sp³-hybridized carbons (Fsp3) is 0.115. The van der Waals surface area contributed by atoms with Crippen LogP contribution in [0.3, 0.4) is 0 Å². The van der Waals surface area contributed by atoms with Crippen LogP contribution in [0.25, 0.3) is 10.8 Å². The van der Waals surface area contributed by atoms with Gasteiger partial charge in [0.15, 0.2) is 0 Å². The van der Waals surface area contributed by atoms with Gasteiger partial charge in [0.1, 0.15) is 5.75 Å². The van der Waals surface area contributed by atoms with Gasteiger partial charge in [0.25, 0.3) is 5.69 Å². The first kappa shape index (κ1) is 21.1. The third-order valence-electron chi connectivity index (χ3n) is 5.46. The molecule has 32 heavy (non-hydrogen) atoms. The van der Waals surface area contributed by atoms with E-state index in [0.717, 1.165) is 16.3 Å². The number of carbonyl (C=O) groups excluding carboxylic acids is 1. The normalized spacial score (nSPS) is 11.8. The van der Waals surface area contributed by atoms with Crippen molar-refractivity contribution >= 4 is 22.4 Å². The predicted molar refractivity (Wildman–Crippen MR) is 123 cm³/mol. The Morgan fingerprint density at radius 1 is 0.906 bits per heavy atom. The molecule has 0 fully saturated rings. The van der Waals surface area contributed by atoms with Crippen molar-refractivity contribution in [1.82, 2.24) is 5.32 Å². The number of hydrogen-bond donors (Lipinski definition) is 2. The molecule has 0 aliphatic carbocycles.